The Kier molecular flexibility index (Phi) is 41.2. The lowest BCUT2D eigenvalue weighted by Crippen LogP contribution is -2.71. The molecule has 0 bridgehead atoms. The average molecular weight is 2080 g/mol. The molecule has 12 heterocycles. The molecule has 12 aliphatic heterocycles. The fourth-order valence-electron chi connectivity index (χ4n) is 18.6. The summed E-state index contributed by atoms with van der Waals surface area (Å²) in [5.41, 5.74) is 0. The van der Waals surface area contributed by atoms with Crippen molar-refractivity contribution in [2.45, 2.75) is 417 Å². The number of ether oxygens (including phenoxy) is 23. The van der Waals surface area contributed by atoms with Crippen LogP contribution in [0.15, 0.2) is 0 Å². The van der Waals surface area contributed by atoms with Crippen LogP contribution in [0.25, 0.3) is 0 Å². The van der Waals surface area contributed by atoms with Crippen LogP contribution >= 0.6 is 0 Å². The molecule has 12 aliphatic rings. The molecule has 60 atom stereocenters. The maximum Gasteiger partial charge on any atom is 0.217 e. The number of nitrogens with one attached hydrogen (secondary N) is 4. The molecule has 12 fully saturated rings. The van der Waals surface area contributed by atoms with Crippen LogP contribution in [0.2, 0.25) is 0 Å². The SMILES string of the molecule is CC(=O)N[C@H]1[C@H](O[C@H]2[C@H](O)[C@@H](NC(C)=O)C(O)O[C@@H]2CO[C@@H]2O[C@@H](C)[C@@H](O)[C@@H](O)[C@@H]2O)O[C@H](CO)[C@@H](O[C@@H]2O[C@H](CO[C@H]3O[C@H](CO)[C@@H](O)[C@H](O)[C@@H]3O[C@@H]3O[C@H](CO)[C@@H](O[C@@H]4O[C@H](CO)[C@H](O)[C@H](O)[C@H]4O)[C@H](O[C@@H]4O[C@@H](C)[C@@H](O)[C@@H](O)[C@@H]4O)[C@H]3NC(C)=O)[C@@H](O)[C@H](O[C@H]3O[C@H](CO)[C@@H](O)[C@H](O)[C@@H]3O[C@@H]3O[C@H](CO)[C@@H](O[C@@H]4O[C@H](CO)[C@H](O)[C@H](O)[C@H]4O)[C@H](O[C@@H]4O[C@@H](C)[C@@H](O)[C@@H](O)[C@@H]4O)[C@H]3NC(C)=O)[C@@H]2O)[C@@H]1O. The van der Waals surface area contributed by atoms with Crippen molar-refractivity contribution >= 4 is 23.6 Å². The lowest BCUT2D eigenvalue weighted by molar-refractivity contribution is -0.404. The van der Waals surface area contributed by atoms with E-state index in [4.69, 9.17) is 109 Å². The summed E-state index contributed by atoms with van der Waals surface area (Å²) in [6.07, 6.45) is -119. The Labute approximate surface area is 805 Å². The Hall–Kier alpha value is -4.28. The van der Waals surface area contributed by atoms with E-state index in [0.717, 1.165) is 27.7 Å². The second kappa shape index (κ2) is 50.3. The molecule has 0 saturated carbocycles. The smallest absolute Gasteiger partial charge is 0.217 e. The zero-order valence-corrected chi connectivity index (χ0v) is 76.9. The van der Waals surface area contributed by atoms with Gasteiger partial charge >= 0.3 is 0 Å². The zero-order chi connectivity index (χ0) is 104. The maximum atomic E-state index is 13.7. The maximum absolute atomic E-state index is 13.7. The quantitative estimate of drug-likeness (QED) is 0.0280. The molecule has 0 aliphatic carbocycles. The van der Waals surface area contributed by atoms with Gasteiger partial charge in [0.05, 0.1) is 77.8 Å². The van der Waals surface area contributed by atoms with Crippen molar-refractivity contribution in [3.63, 3.8) is 0 Å². The van der Waals surface area contributed by atoms with Crippen molar-refractivity contribution < 1.29 is 286 Å². The Morgan fingerprint density at radius 1 is 0.197 bits per heavy atom. The van der Waals surface area contributed by atoms with Crippen LogP contribution in [-0.2, 0) is 128 Å². The van der Waals surface area contributed by atoms with Crippen LogP contribution in [0.5, 0.6) is 0 Å². The third-order valence-electron chi connectivity index (χ3n) is 26.6. The number of carbonyl (C=O) groups excluding carboxylic acids is 4. The highest BCUT2D eigenvalue weighted by Gasteiger charge is 2.64. The number of carbonyl (C=O) groups is 4. The summed E-state index contributed by atoms with van der Waals surface area (Å²) in [7, 11) is 0. The molecular formula is C80H134N4O58. The third kappa shape index (κ3) is 25.4. The first-order valence-electron chi connectivity index (χ1n) is 45.7. The molecule has 62 heteroatoms. The summed E-state index contributed by atoms with van der Waals surface area (Å²) in [6, 6.07) is -8.10. The Morgan fingerprint density at radius 3 is 0.859 bits per heavy atom. The molecule has 12 rings (SSSR count). The van der Waals surface area contributed by atoms with E-state index in [2.05, 4.69) is 21.3 Å². The van der Waals surface area contributed by atoms with Gasteiger partial charge in [-0.25, -0.2) is 0 Å². The van der Waals surface area contributed by atoms with E-state index in [1.54, 1.807) is 0 Å². The Morgan fingerprint density at radius 2 is 0.451 bits per heavy atom. The summed E-state index contributed by atoms with van der Waals surface area (Å²) in [5.74, 6) is -4.02. The van der Waals surface area contributed by atoms with Crippen LogP contribution in [-0.4, -0.2) is 610 Å². The van der Waals surface area contributed by atoms with Crippen LogP contribution in [0.1, 0.15) is 48.5 Å². The first kappa shape index (κ1) is 116. The number of rotatable bonds is 35. The number of aliphatic hydroxyl groups is 31. The van der Waals surface area contributed by atoms with Crippen LogP contribution in [0.4, 0.5) is 0 Å². The molecule has 142 heavy (non-hydrogen) atoms. The van der Waals surface area contributed by atoms with Crippen molar-refractivity contribution in [2.24, 2.45) is 0 Å². The summed E-state index contributed by atoms with van der Waals surface area (Å²) < 4.78 is 140. The van der Waals surface area contributed by atoms with Gasteiger partial charge in [0.25, 0.3) is 0 Å². The van der Waals surface area contributed by atoms with E-state index < -0.39 is 451 Å². The first-order valence-corrected chi connectivity index (χ1v) is 45.7. The summed E-state index contributed by atoms with van der Waals surface area (Å²) in [6.45, 7) is -3.33. The second-order valence-electron chi connectivity index (χ2n) is 36.6. The summed E-state index contributed by atoms with van der Waals surface area (Å²) >= 11 is 0. The number of hydrogen-bond acceptors (Lipinski definition) is 58. The van der Waals surface area contributed by atoms with Gasteiger partial charge in [0.15, 0.2) is 75.5 Å². The average Bonchev–Trinajstić information content (AvgIpc) is 0.758. The summed E-state index contributed by atoms with van der Waals surface area (Å²) in [5, 5.41) is 360. The number of aliphatic hydroxyl groups excluding tert-OH is 31. The molecule has 1 unspecified atom stereocenters. The van der Waals surface area contributed by atoms with Crippen molar-refractivity contribution in [3.8, 4) is 0 Å². The standard InChI is InChI=1S/C80H134N4O58/c1-17-37(96)47(106)54(113)73(122-17)120-16-32-61(45(104)33(69(119)125-32)81-20(4)92)134-70-34(82-21(5)93)46(105)60(28(12-89)130-70)135-78-59(118)66(140-80-68(53(112)43(102)27(11-88)129-80)142-72-36(84-23(7)95)65(139-75-56(115)49(108)39(98)19(3)124-75)63(30(14-91)132-72)137-77-58(117)51(110)41(100)25(9-86)127-77)44(103)31(133-78)15-121-79-67(52(111)42(101)26(10-87)128-79)141-71-35(83-22(6)94)64(138-74-55(114)48(107)38(97)18(2)123-74)62(29(13-90)131-71)136-76-57(116)50(109)40(99)24(8-85)126-76/h17-19,24-80,85-91,96-119H,8-16H2,1-7H3,(H,81,92)(H,82,93)(H,83,94)(H,84,95)/t17-,18-,19-,24+,25+,26+,27+,28+,29+,30+,31+,32+,33+,34+,35+,36+,37+,38+,39+,40-,41-,42+,43+,44+,45+,46+,47+,48+,49+,50-,51-,52-,53-,54-,55-,56-,57+,58+,59-,60+,61+,62+,63+,64+,65+,66-,67-,68-,69?,70-,71-,72-,73+,74-,75-,76-,77-,78-,79-,80+/m0/s1. The van der Waals surface area contributed by atoms with Gasteiger partial charge in [0.1, 0.15) is 274 Å². The molecule has 4 amide bonds. The van der Waals surface area contributed by atoms with Gasteiger partial charge in [-0.2, -0.15) is 0 Å². The topological polar surface area (TPSA) is 956 Å². The van der Waals surface area contributed by atoms with E-state index in [-0.39, 0.29) is 0 Å². The fraction of sp³-hybridized carbons (Fsp3) is 0.950. The van der Waals surface area contributed by atoms with Gasteiger partial charge in [-0.15, -0.1) is 0 Å². The highest BCUT2D eigenvalue weighted by atomic mass is 16.8. The monoisotopic (exact) mass is 2080 g/mol. The first-order chi connectivity index (χ1) is 67.1. The zero-order valence-electron chi connectivity index (χ0n) is 76.9. The predicted molar refractivity (Wildman–Crippen MR) is 437 cm³/mol. The molecule has 35 N–H and O–H groups in total. The van der Waals surface area contributed by atoms with Gasteiger partial charge in [-0.3, -0.25) is 19.2 Å². The van der Waals surface area contributed by atoms with Crippen LogP contribution < -0.4 is 21.3 Å². The molecular weight excluding hydrogens is 1940 g/mol. The molecule has 0 aromatic heterocycles. The number of amides is 4. The minimum Gasteiger partial charge on any atom is -0.394 e. The highest BCUT2D eigenvalue weighted by Crippen LogP contribution is 2.43. The molecule has 822 valence electrons. The van der Waals surface area contributed by atoms with Crippen molar-refractivity contribution in [1.29, 1.82) is 0 Å². The van der Waals surface area contributed by atoms with Gasteiger partial charge in [0, 0.05) is 27.7 Å². The Balaban J connectivity index is 0.917. The van der Waals surface area contributed by atoms with E-state index in [1.807, 2.05) is 0 Å². The normalized spacial score (nSPS) is 50.9. The van der Waals surface area contributed by atoms with Crippen molar-refractivity contribution in [2.75, 3.05) is 59.5 Å². The minimum absolute atomic E-state index is 0.875. The van der Waals surface area contributed by atoms with Gasteiger partial charge in [0.2, 0.25) is 23.6 Å². The lowest BCUT2D eigenvalue weighted by atomic mass is 9.93. The minimum atomic E-state index is -2.74. The van der Waals surface area contributed by atoms with Crippen molar-refractivity contribution in [1.82, 2.24) is 21.3 Å². The Bertz CT molecular complexity index is 3940. The second-order valence-corrected chi connectivity index (χ2v) is 36.6. The number of hydrogen-bond donors (Lipinski definition) is 35. The molecule has 12 saturated heterocycles. The van der Waals surface area contributed by atoms with Crippen LogP contribution in [0, 0.1) is 0 Å². The summed E-state index contributed by atoms with van der Waals surface area (Å²) in [4.78, 5) is 53.3. The van der Waals surface area contributed by atoms with Gasteiger partial charge < -0.3 is 289 Å². The van der Waals surface area contributed by atoms with E-state index in [9.17, 15) is 177 Å². The predicted octanol–water partition coefficient (Wildman–Crippen LogP) is -23.5. The lowest BCUT2D eigenvalue weighted by Gasteiger charge is -2.52. The van der Waals surface area contributed by atoms with E-state index in [0.29, 0.717) is 0 Å². The van der Waals surface area contributed by atoms with E-state index in [1.165, 1.54) is 20.8 Å². The third-order valence-corrected chi connectivity index (χ3v) is 26.6. The molecule has 0 aromatic rings. The molecule has 0 radical (unpaired) electrons. The van der Waals surface area contributed by atoms with Gasteiger partial charge in [-0.1, -0.05) is 0 Å². The van der Waals surface area contributed by atoms with Gasteiger partial charge in [-0.05, 0) is 20.8 Å². The molecule has 0 aromatic carbocycles. The molecule has 0 spiro atoms. The van der Waals surface area contributed by atoms with E-state index >= 15 is 0 Å². The van der Waals surface area contributed by atoms with Crippen LogP contribution in [0.3, 0.4) is 0 Å². The highest BCUT2D eigenvalue weighted by molar-refractivity contribution is 5.74. The largest absolute Gasteiger partial charge is 0.394 e. The van der Waals surface area contributed by atoms with Crippen molar-refractivity contribution in [3.05, 3.63) is 0 Å². The fourth-order valence-corrected chi connectivity index (χ4v) is 18.6. The molecule has 62 nitrogen and oxygen atoms in total.